The molecule has 0 radical (unpaired) electrons. The van der Waals surface area contributed by atoms with E-state index in [1.165, 1.54) is 5.56 Å². The summed E-state index contributed by atoms with van der Waals surface area (Å²) in [6, 6.07) is 9.55. The number of likely N-dealkylation sites (tertiary alicyclic amines) is 1. The summed E-state index contributed by atoms with van der Waals surface area (Å²) in [6.07, 6.45) is 4.31. The molecule has 2 N–H and O–H groups in total. The maximum atomic E-state index is 12.3. The van der Waals surface area contributed by atoms with Crippen LogP contribution in [-0.2, 0) is 13.0 Å². The number of benzene rings is 1. The zero-order valence-electron chi connectivity index (χ0n) is 14.1. The lowest BCUT2D eigenvalue weighted by Gasteiger charge is -2.32. The topological polar surface area (TPSA) is 52.6 Å². The molecule has 0 unspecified atom stereocenters. The predicted octanol–water partition coefficient (Wildman–Crippen LogP) is 4.77. The molecule has 0 aliphatic carbocycles. The molecular weight excluding hydrogens is 400 g/mol. The van der Waals surface area contributed by atoms with E-state index in [1.54, 1.807) is 23.5 Å². The van der Waals surface area contributed by atoms with Gasteiger partial charge in [0.1, 0.15) is 5.75 Å². The number of nitrogens with zero attached hydrogens (tertiary/aromatic N) is 1. The van der Waals surface area contributed by atoms with E-state index in [0.29, 0.717) is 18.2 Å². The number of hydrogen-bond donors (Lipinski definition) is 2. The van der Waals surface area contributed by atoms with E-state index in [1.807, 2.05) is 28.5 Å². The summed E-state index contributed by atoms with van der Waals surface area (Å²) >= 11 is 5.08. The van der Waals surface area contributed by atoms with Crippen LogP contribution >= 0.6 is 27.3 Å². The lowest BCUT2D eigenvalue weighted by molar-refractivity contribution is 0.168. The smallest absolute Gasteiger partial charge is 0.317 e. The molecule has 1 aromatic heterocycles. The number of nitrogens with one attached hydrogen (secondary N) is 1. The zero-order valence-corrected chi connectivity index (χ0v) is 16.5. The lowest BCUT2D eigenvalue weighted by atomic mass is 9.90. The zero-order chi connectivity index (χ0) is 17.6. The maximum Gasteiger partial charge on any atom is 0.317 e. The minimum atomic E-state index is 0.0431. The predicted molar refractivity (Wildman–Crippen MR) is 105 cm³/mol. The number of carbonyl (C=O) groups excluding carboxylic acids is 1. The van der Waals surface area contributed by atoms with Crippen LogP contribution in [0.3, 0.4) is 0 Å². The van der Waals surface area contributed by atoms with Crippen LogP contribution in [0.2, 0.25) is 0 Å². The highest BCUT2D eigenvalue weighted by atomic mass is 79.9. The van der Waals surface area contributed by atoms with Crippen molar-refractivity contribution in [2.45, 2.75) is 32.2 Å². The molecule has 134 valence electrons. The first-order chi connectivity index (χ1) is 12.1. The quantitative estimate of drug-likeness (QED) is 0.728. The Morgan fingerprint density at radius 2 is 2.00 bits per heavy atom. The Morgan fingerprint density at radius 1 is 1.28 bits per heavy atom. The number of urea groups is 1. The van der Waals surface area contributed by atoms with Crippen molar-refractivity contribution in [3.05, 3.63) is 50.6 Å². The van der Waals surface area contributed by atoms with Gasteiger partial charge in [-0.1, -0.05) is 12.1 Å². The molecule has 1 aromatic carbocycles. The fraction of sp³-hybridized carbons (Fsp3) is 0.421. The third kappa shape index (κ3) is 5.47. The molecule has 1 aliphatic rings. The van der Waals surface area contributed by atoms with Gasteiger partial charge in [0.25, 0.3) is 0 Å². The van der Waals surface area contributed by atoms with E-state index < -0.39 is 0 Å². The highest BCUT2D eigenvalue weighted by Crippen LogP contribution is 2.23. The average Bonchev–Trinajstić information content (AvgIpc) is 3.05. The van der Waals surface area contributed by atoms with Crippen LogP contribution in [0.4, 0.5) is 4.79 Å². The van der Waals surface area contributed by atoms with Crippen molar-refractivity contribution in [3.8, 4) is 5.75 Å². The second-order valence-electron chi connectivity index (χ2n) is 6.53. The van der Waals surface area contributed by atoms with Crippen molar-refractivity contribution in [1.29, 1.82) is 0 Å². The molecule has 2 amide bonds. The Balaban J connectivity index is 1.37. The normalized spacial score (nSPS) is 15.3. The van der Waals surface area contributed by atoms with Crippen molar-refractivity contribution in [2.24, 2.45) is 5.92 Å². The first-order valence-corrected chi connectivity index (χ1v) is 10.3. The van der Waals surface area contributed by atoms with Gasteiger partial charge < -0.3 is 15.3 Å². The molecule has 25 heavy (non-hydrogen) atoms. The van der Waals surface area contributed by atoms with Crippen LogP contribution in [0.5, 0.6) is 5.75 Å². The standard InChI is InChI=1S/C19H23BrN2O2S/c20-16-11-18(25-13-16)12-21-19(24)22-9-7-15(8-10-22)2-1-14-3-5-17(23)6-4-14/h3-6,11,13,15,23H,1-2,7-10,12H2,(H,21,24). The molecule has 3 rings (SSSR count). The van der Waals surface area contributed by atoms with Crippen LogP contribution in [0.1, 0.15) is 29.7 Å². The fourth-order valence-corrected chi connectivity index (χ4v) is 4.57. The van der Waals surface area contributed by atoms with Gasteiger partial charge in [-0.05, 0) is 71.3 Å². The van der Waals surface area contributed by atoms with Crippen LogP contribution in [0.15, 0.2) is 40.2 Å². The molecule has 1 aliphatic heterocycles. The van der Waals surface area contributed by atoms with Gasteiger partial charge in [-0.2, -0.15) is 0 Å². The van der Waals surface area contributed by atoms with Crippen LogP contribution in [0.25, 0.3) is 0 Å². The first-order valence-electron chi connectivity index (χ1n) is 8.64. The second kappa shape index (κ2) is 8.72. The van der Waals surface area contributed by atoms with Crippen molar-refractivity contribution < 1.29 is 9.90 Å². The number of aromatic hydroxyl groups is 1. The third-order valence-electron chi connectivity index (χ3n) is 4.71. The molecule has 0 saturated carbocycles. The maximum absolute atomic E-state index is 12.3. The molecule has 6 heteroatoms. The number of halogens is 1. The van der Waals surface area contributed by atoms with E-state index in [0.717, 1.165) is 48.1 Å². The van der Waals surface area contributed by atoms with Crippen LogP contribution < -0.4 is 5.32 Å². The van der Waals surface area contributed by atoms with E-state index in [2.05, 4.69) is 21.2 Å². The number of carbonyl (C=O) groups is 1. The monoisotopic (exact) mass is 422 g/mol. The minimum absolute atomic E-state index is 0.0431. The highest BCUT2D eigenvalue weighted by molar-refractivity contribution is 9.10. The van der Waals surface area contributed by atoms with Gasteiger partial charge in [-0.15, -0.1) is 11.3 Å². The molecule has 2 heterocycles. The third-order valence-corrected chi connectivity index (χ3v) is 6.41. The van der Waals surface area contributed by atoms with E-state index >= 15 is 0 Å². The number of rotatable bonds is 5. The summed E-state index contributed by atoms with van der Waals surface area (Å²) in [6.45, 7) is 2.26. The van der Waals surface area contributed by atoms with Gasteiger partial charge in [0.15, 0.2) is 0 Å². The summed E-state index contributed by atoms with van der Waals surface area (Å²) < 4.78 is 1.07. The summed E-state index contributed by atoms with van der Waals surface area (Å²) in [5.74, 6) is 0.990. The van der Waals surface area contributed by atoms with Crippen LogP contribution in [0, 0.1) is 5.92 Å². The molecule has 0 bridgehead atoms. The Kier molecular flexibility index (Phi) is 6.37. The Labute approximate surface area is 161 Å². The molecular formula is C19H23BrN2O2S. The second-order valence-corrected chi connectivity index (χ2v) is 8.44. The largest absolute Gasteiger partial charge is 0.508 e. The molecule has 0 atom stereocenters. The Hall–Kier alpha value is -1.53. The van der Waals surface area contributed by atoms with E-state index in [4.69, 9.17) is 0 Å². The Morgan fingerprint density at radius 3 is 2.64 bits per heavy atom. The van der Waals surface area contributed by atoms with Gasteiger partial charge >= 0.3 is 6.03 Å². The number of hydrogen-bond acceptors (Lipinski definition) is 3. The number of phenols is 1. The van der Waals surface area contributed by atoms with Crippen molar-refractivity contribution in [1.82, 2.24) is 10.2 Å². The molecule has 0 spiro atoms. The van der Waals surface area contributed by atoms with E-state index in [9.17, 15) is 9.90 Å². The van der Waals surface area contributed by atoms with Crippen molar-refractivity contribution in [2.75, 3.05) is 13.1 Å². The average molecular weight is 423 g/mol. The Bertz CT molecular complexity index is 694. The molecule has 2 aromatic rings. The highest BCUT2D eigenvalue weighted by Gasteiger charge is 2.22. The van der Waals surface area contributed by atoms with Crippen LogP contribution in [-0.4, -0.2) is 29.1 Å². The summed E-state index contributed by atoms with van der Waals surface area (Å²) in [5.41, 5.74) is 1.26. The minimum Gasteiger partial charge on any atom is -0.508 e. The van der Waals surface area contributed by atoms with Gasteiger partial charge in [0, 0.05) is 27.8 Å². The molecule has 4 nitrogen and oxygen atoms in total. The summed E-state index contributed by atoms with van der Waals surface area (Å²) in [4.78, 5) is 15.4. The number of amides is 2. The van der Waals surface area contributed by atoms with Crippen molar-refractivity contribution in [3.63, 3.8) is 0 Å². The fourth-order valence-electron chi connectivity index (χ4n) is 3.18. The van der Waals surface area contributed by atoms with Gasteiger partial charge in [-0.3, -0.25) is 0 Å². The SMILES string of the molecule is O=C(NCc1cc(Br)cs1)N1CCC(CCc2ccc(O)cc2)CC1. The lowest BCUT2D eigenvalue weighted by Crippen LogP contribution is -2.44. The van der Waals surface area contributed by atoms with Gasteiger partial charge in [0.2, 0.25) is 0 Å². The number of thiophene rings is 1. The number of phenolic OH excluding ortho intramolecular Hbond substituents is 1. The summed E-state index contributed by atoms with van der Waals surface area (Å²) in [5, 5.41) is 14.4. The summed E-state index contributed by atoms with van der Waals surface area (Å²) in [7, 11) is 0. The molecule has 1 fully saturated rings. The van der Waals surface area contributed by atoms with Crippen molar-refractivity contribution >= 4 is 33.3 Å². The van der Waals surface area contributed by atoms with Gasteiger partial charge in [0.05, 0.1) is 6.54 Å². The van der Waals surface area contributed by atoms with E-state index in [-0.39, 0.29) is 6.03 Å². The van der Waals surface area contributed by atoms with Gasteiger partial charge in [-0.25, -0.2) is 4.79 Å². The number of aryl methyl sites for hydroxylation is 1. The first kappa shape index (κ1) is 18.3. The molecule has 1 saturated heterocycles. The number of piperidine rings is 1.